The van der Waals surface area contributed by atoms with E-state index in [1.807, 2.05) is 80.1 Å². The Labute approximate surface area is 130 Å². The Morgan fingerprint density at radius 3 is 2.32 bits per heavy atom. The van der Waals surface area contributed by atoms with Crippen LogP contribution >= 0.6 is 0 Å². The lowest BCUT2D eigenvalue weighted by Gasteiger charge is -2.17. The predicted molar refractivity (Wildman–Crippen MR) is 89.2 cm³/mol. The molecule has 0 saturated carbocycles. The lowest BCUT2D eigenvalue weighted by molar-refractivity contribution is -0.125. The third kappa shape index (κ3) is 2.67. The summed E-state index contributed by atoms with van der Waals surface area (Å²) in [5.41, 5.74) is 2.51. The third-order valence-electron chi connectivity index (χ3n) is 3.84. The molecule has 3 rings (SSSR count). The molecule has 112 valence electrons. The van der Waals surface area contributed by atoms with Crippen LogP contribution in [0.3, 0.4) is 0 Å². The van der Waals surface area contributed by atoms with Gasteiger partial charge in [0, 0.05) is 17.2 Å². The van der Waals surface area contributed by atoms with Gasteiger partial charge in [0.15, 0.2) is 0 Å². The molecule has 1 heterocycles. The number of fused-ring (bicyclic) bond motifs is 1. The van der Waals surface area contributed by atoms with Crippen molar-refractivity contribution in [3.8, 4) is 5.69 Å². The Hall–Kier alpha value is -2.42. The number of nitrogens with zero attached hydrogens (tertiary/aromatic N) is 2. The molecule has 0 atom stereocenters. The highest BCUT2D eigenvalue weighted by molar-refractivity contribution is 5.91. The van der Waals surface area contributed by atoms with E-state index >= 15 is 0 Å². The topological polar surface area (TPSA) is 34.9 Å². The Morgan fingerprint density at radius 2 is 1.64 bits per heavy atom. The number of para-hydroxylation sites is 1. The molecule has 3 nitrogen and oxygen atoms in total. The molecule has 3 aromatic rings. The quantitative estimate of drug-likeness (QED) is 0.725. The van der Waals surface area contributed by atoms with E-state index in [0.29, 0.717) is 6.42 Å². The van der Waals surface area contributed by atoms with Crippen molar-refractivity contribution in [2.75, 3.05) is 0 Å². The fraction of sp³-hybridized carbons (Fsp3) is 0.263. The summed E-state index contributed by atoms with van der Waals surface area (Å²) in [5.74, 6) is 0.218. The number of aromatic nitrogens is 2. The molecular formula is C19H20N2O. The van der Waals surface area contributed by atoms with Crippen LogP contribution in [0.25, 0.3) is 16.6 Å². The average Bonchev–Trinajstić information content (AvgIpc) is 2.86. The van der Waals surface area contributed by atoms with Crippen molar-refractivity contribution in [3.63, 3.8) is 0 Å². The van der Waals surface area contributed by atoms with Gasteiger partial charge in [0.25, 0.3) is 0 Å². The maximum atomic E-state index is 12.5. The minimum atomic E-state index is -0.354. The molecule has 0 N–H and O–H groups in total. The molecule has 0 aliphatic rings. The molecule has 2 aromatic carbocycles. The van der Waals surface area contributed by atoms with Gasteiger partial charge in [0.2, 0.25) is 0 Å². The van der Waals surface area contributed by atoms with Crippen molar-refractivity contribution in [1.29, 1.82) is 0 Å². The number of benzene rings is 2. The van der Waals surface area contributed by atoms with Gasteiger partial charge < -0.3 is 0 Å². The largest absolute Gasteiger partial charge is 0.299 e. The van der Waals surface area contributed by atoms with E-state index in [1.54, 1.807) is 0 Å². The van der Waals surface area contributed by atoms with Crippen molar-refractivity contribution >= 4 is 16.7 Å². The lowest BCUT2D eigenvalue weighted by atomic mass is 9.88. The number of carbonyl (C=O) groups is 1. The van der Waals surface area contributed by atoms with Gasteiger partial charge in [-0.1, -0.05) is 57.2 Å². The number of hydrogen-bond acceptors (Lipinski definition) is 2. The summed E-state index contributed by atoms with van der Waals surface area (Å²) in [4.78, 5) is 12.5. The van der Waals surface area contributed by atoms with Gasteiger partial charge in [-0.15, -0.1) is 0 Å². The van der Waals surface area contributed by atoms with E-state index in [9.17, 15) is 4.79 Å². The van der Waals surface area contributed by atoms with Crippen LogP contribution in [-0.2, 0) is 11.2 Å². The number of hydrogen-bond donors (Lipinski definition) is 0. The molecule has 1 aromatic heterocycles. The van der Waals surface area contributed by atoms with Crippen LogP contribution < -0.4 is 0 Å². The van der Waals surface area contributed by atoms with Gasteiger partial charge in [0.05, 0.1) is 16.9 Å². The first kappa shape index (κ1) is 14.5. The van der Waals surface area contributed by atoms with Crippen molar-refractivity contribution in [3.05, 3.63) is 60.3 Å². The maximum absolute atomic E-state index is 12.5. The first-order valence-electron chi connectivity index (χ1n) is 7.52. The molecule has 0 unspecified atom stereocenters. The van der Waals surface area contributed by atoms with E-state index in [1.165, 1.54) is 0 Å². The maximum Gasteiger partial charge on any atom is 0.144 e. The molecule has 0 fully saturated rings. The fourth-order valence-corrected chi connectivity index (χ4v) is 2.46. The normalized spacial score (nSPS) is 11.8. The van der Waals surface area contributed by atoms with Crippen molar-refractivity contribution in [2.45, 2.75) is 27.2 Å². The Bertz CT molecular complexity index is 810. The molecule has 22 heavy (non-hydrogen) atoms. The summed E-state index contributed by atoms with van der Waals surface area (Å²) in [6, 6.07) is 18.0. The zero-order valence-corrected chi connectivity index (χ0v) is 13.2. The van der Waals surface area contributed by atoms with Crippen LogP contribution in [0.4, 0.5) is 0 Å². The highest BCUT2D eigenvalue weighted by atomic mass is 16.1. The van der Waals surface area contributed by atoms with Crippen molar-refractivity contribution in [1.82, 2.24) is 9.78 Å². The fourth-order valence-electron chi connectivity index (χ4n) is 2.46. The third-order valence-corrected chi connectivity index (χ3v) is 3.84. The van der Waals surface area contributed by atoms with Crippen LogP contribution in [0.2, 0.25) is 0 Å². The molecule has 3 heteroatoms. The van der Waals surface area contributed by atoms with Gasteiger partial charge in [-0.05, 0) is 18.2 Å². The zero-order chi connectivity index (χ0) is 15.7. The molecule has 0 aliphatic heterocycles. The van der Waals surface area contributed by atoms with Crippen LogP contribution in [0.1, 0.15) is 26.5 Å². The Balaban J connectivity index is 2.16. The average molecular weight is 292 g/mol. The molecule has 0 radical (unpaired) electrons. The van der Waals surface area contributed by atoms with Gasteiger partial charge >= 0.3 is 0 Å². The van der Waals surface area contributed by atoms with Crippen molar-refractivity contribution in [2.24, 2.45) is 5.41 Å². The lowest BCUT2D eigenvalue weighted by Crippen LogP contribution is -2.23. The van der Waals surface area contributed by atoms with Crippen LogP contribution in [0, 0.1) is 5.41 Å². The molecule has 0 amide bonds. The van der Waals surface area contributed by atoms with Gasteiger partial charge in [-0.2, -0.15) is 5.10 Å². The van der Waals surface area contributed by atoms with Gasteiger partial charge in [-0.25, -0.2) is 4.68 Å². The summed E-state index contributed by atoms with van der Waals surface area (Å²) in [6.45, 7) is 5.88. The second-order valence-electron chi connectivity index (χ2n) is 6.56. The van der Waals surface area contributed by atoms with Crippen LogP contribution in [0.15, 0.2) is 54.6 Å². The summed E-state index contributed by atoms with van der Waals surface area (Å²) in [6.07, 6.45) is 0.388. The predicted octanol–water partition coefficient (Wildman–Crippen LogP) is 4.18. The van der Waals surface area contributed by atoms with Gasteiger partial charge in [-0.3, -0.25) is 4.79 Å². The standard InChI is InChI=1S/C19H20N2O/c1-19(2,3)18(22)13-17-15-11-7-8-12-16(15)20-21(17)14-9-5-4-6-10-14/h4-12H,13H2,1-3H3. The minimum absolute atomic E-state index is 0.218. The molecule has 0 bridgehead atoms. The SMILES string of the molecule is CC(C)(C)C(=O)Cc1c2ccccc2nn1-c1ccccc1. The van der Waals surface area contributed by atoms with Crippen LogP contribution in [0.5, 0.6) is 0 Å². The molecule has 0 aliphatic carbocycles. The Morgan fingerprint density at radius 1 is 1.00 bits per heavy atom. The van der Waals surface area contributed by atoms with Crippen molar-refractivity contribution < 1.29 is 4.79 Å². The molecule has 0 spiro atoms. The second kappa shape index (κ2) is 5.41. The first-order chi connectivity index (χ1) is 10.5. The summed E-state index contributed by atoms with van der Waals surface area (Å²) < 4.78 is 1.90. The zero-order valence-electron chi connectivity index (χ0n) is 13.2. The van der Waals surface area contributed by atoms with E-state index < -0.39 is 0 Å². The highest BCUT2D eigenvalue weighted by Gasteiger charge is 2.24. The van der Waals surface area contributed by atoms with E-state index in [4.69, 9.17) is 0 Å². The summed E-state index contributed by atoms with van der Waals surface area (Å²) in [5, 5.41) is 5.73. The Kier molecular flexibility index (Phi) is 3.57. The first-order valence-corrected chi connectivity index (χ1v) is 7.52. The molecule has 0 saturated heterocycles. The second-order valence-corrected chi connectivity index (χ2v) is 6.56. The van der Waals surface area contributed by atoms with E-state index in [2.05, 4.69) is 5.10 Å². The van der Waals surface area contributed by atoms with Gasteiger partial charge in [0.1, 0.15) is 5.78 Å². The molecular weight excluding hydrogens is 272 g/mol. The summed E-state index contributed by atoms with van der Waals surface area (Å²) >= 11 is 0. The van der Waals surface area contributed by atoms with Crippen LogP contribution in [-0.4, -0.2) is 15.6 Å². The smallest absolute Gasteiger partial charge is 0.144 e. The monoisotopic (exact) mass is 292 g/mol. The van der Waals surface area contributed by atoms with E-state index in [0.717, 1.165) is 22.3 Å². The number of Topliss-reactive ketones (excluding diaryl/α,β-unsaturated/α-hetero) is 1. The van der Waals surface area contributed by atoms with E-state index in [-0.39, 0.29) is 11.2 Å². The highest BCUT2D eigenvalue weighted by Crippen LogP contribution is 2.25. The number of rotatable bonds is 3. The number of ketones is 1. The minimum Gasteiger partial charge on any atom is -0.299 e. The summed E-state index contributed by atoms with van der Waals surface area (Å²) in [7, 11) is 0. The number of carbonyl (C=O) groups excluding carboxylic acids is 1.